The fourth-order valence-electron chi connectivity index (χ4n) is 1.49. The third kappa shape index (κ3) is 3.58. The van der Waals surface area contributed by atoms with Gasteiger partial charge >= 0.3 is 0 Å². The molecule has 0 aliphatic heterocycles. The number of halogens is 2. The van der Waals surface area contributed by atoms with Crippen LogP contribution in [-0.2, 0) is 0 Å². The van der Waals surface area contributed by atoms with Crippen LogP contribution in [0.15, 0.2) is 18.2 Å². The maximum atomic E-state index is 12.1. The van der Waals surface area contributed by atoms with Crippen molar-refractivity contribution in [3.63, 3.8) is 0 Å². The topological polar surface area (TPSA) is 63.5 Å². The molecule has 0 saturated carbocycles. The number of nitro groups is 1. The molecule has 98 valence electrons. The van der Waals surface area contributed by atoms with Gasteiger partial charge in [0.25, 0.3) is 11.6 Å². The largest absolute Gasteiger partial charge is 0.338 e. The SMILES string of the molecule is CCN(CCCl)C(=O)c1cc(Cl)cc([N+](=O)[O-])c1. The summed E-state index contributed by atoms with van der Waals surface area (Å²) in [7, 11) is 0. The third-order valence-corrected chi connectivity index (χ3v) is 2.75. The van der Waals surface area contributed by atoms with Crippen LogP contribution in [0.3, 0.4) is 0 Å². The van der Waals surface area contributed by atoms with Crippen LogP contribution in [-0.4, -0.2) is 34.7 Å². The molecule has 1 amide bonds. The summed E-state index contributed by atoms with van der Waals surface area (Å²) in [4.78, 5) is 23.7. The van der Waals surface area contributed by atoms with Crippen molar-refractivity contribution in [3.05, 3.63) is 38.9 Å². The van der Waals surface area contributed by atoms with Crippen molar-refractivity contribution in [1.82, 2.24) is 4.90 Å². The molecule has 7 heteroatoms. The maximum absolute atomic E-state index is 12.1. The van der Waals surface area contributed by atoms with Crippen molar-refractivity contribution >= 4 is 34.8 Å². The number of carbonyl (C=O) groups excluding carboxylic acids is 1. The molecule has 18 heavy (non-hydrogen) atoms. The first-order chi connectivity index (χ1) is 8.49. The number of nitro benzene ring substituents is 1. The van der Waals surface area contributed by atoms with Gasteiger partial charge in [0, 0.05) is 41.7 Å². The van der Waals surface area contributed by atoms with E-state index < -0.39 is 4.92 Å². The van der Waals surface area contributed by atoms with Crippen LogP contribution in [0.2, 0.25) is 5.02 Å². The molecule has 0 N–H and O–H groups in total. The smallest absolute Gasteiger partial charge is 0.271 e. The lowest BCUT2D eigenvalue weighted by atomic mass is 10.1. The first-order valence-electron chi connectivity index (χ1n) is 5.29. The Bertz CT molecular complexity index is 466. The van der Waals surface area contributed by atoms with Gasteiger partial charge in [0.05, 0.1) is 4.92 Å². The average molecular weight is 291 g/mol. The number of rotatable bonds is 5. The van der Waals surface area contributed by atoms with Crippen LogP contribution in [0.4, 0.5) is 5.69 Å². The molecule has 0 heterocycles. The second kappa shape index (κ2) is 6.56. The summed E-state index contributed by atoms with van der Waals surface area (Å²) >= 11 is 11.4. The zero-order chi connectivity index (χ0) is 13.7. The van der Waals surface area contributed by atoms with E-state index in [0.29, 0.717) is 19.0 Å². The zero-order valence-corrected chi connectivity index (χ0v) is 11.2. The highest BCUT2D eigenvalue weighted by Gasteiger charge is 2.18. The standard InChI is InChI=1S/C11H12Cl2N2O3/c1-2-14(4-3-12)11(16)8-5-9(13)7-10(6-8)15(17)18/h5-7H,2-4H2,1H3. The average Bonchev–Trinajstić information content (AvgIpc) is 2.34. The number of nitrogens with zero attached hydrogens (tertiary/aromatic N) is 2. The first-order valence-corrected chi connectivity index (χ1v) is 6.21. The minimum absolute atomic E-state index is 0.162. The Hall–Kier alpha value is -1.33. The van der Waals surface area contributed by atoms with Gasteiger partial charge in [0.15, 0.2) is 0 Å². The second-order valence-corrected chi connectivity index (χ2v) is 4.34. The molecule has 0 spiro atoms. The van der Waals surface area contributed by atoms with Crippen molar-refractivity contribution in [1.29, 1.82) is 0 Å². The number of hydrogen-bond donors (Lipinski definition) is 0. The van der Waals surface area contributed by atoms with Crippen molar-refractivity contribution < 1.29 is 9.72 Å². The Morgan fingerprint density at radius 3 is 2.61 bits per heavy atom. The van der Waals surface area contributed by atoms with Gasteiger partial charge in [-0.2, -0.15) is 0 Å². The van der Waals surface area contributed by atoms with Crippen LogP contribution in [0.1, 0.15) is 17.3 Å². The van der Waals surface area contributed by atoms with E-state index in [9.17, 15) is 14.9 Å². The van der Waals surface area contributed by atoms with Gasteiger partial charge in [-0.15, -0.1) is 11.6 Å². The van der Waals surface area contributed by atoms with Gasteiger partial charge in [-0.05, 0) is 13.0 Å². The fraction of sp³-hybridized carbons (Fsp3) is 0.364. The quantitative estimate of drug-likeness (QED) is 0.476. The summed E-state index contributed by atoms with van der Waals surface area (Å²) in [6, 6.07) is 3.83. The van der Waals surface area contributed by atoms with E-state index in [2.05, 4.69) is 0 Å². The lowest BCUT2D eigenvalue weighted by molar-refractivity contribution is -0.384. The highest BCUT2D eigenvalue weighted by atomic mass is 35.5. The van der Waals surface area contributed by atoms with Crippen molar-refractivity contribution in [2.75, 3.05) is 19.0 Å². The fourth-order valence-corrected chi connectivity index (χ4v) is 1.92. The zero-order valence-electron chi connectivity index (χ0n) is 9.73. The minimum atomic E-state index is -0.583. The molecule has 1 aromatic rings. The molecule has 0 fully saturated rings. The summed E-state index contributed by atoms with van der Waals surface area (Å²) in [5.41, 5.74) is -0.00561. The van der Waals surface area contributed by atoms with Crippen molar-refractivity contribution in [2.24, 2.45) is 0 Å². The van der Waals surface area contributed by atoms with E-state index >= 15 is 0 Å². The Morgan fingerprint density at radius 2 is 2.11 bits per heavy atom. The predicted octanol–water partition coefficient (Wildman–Crippen LogP) is 2.95. The molecule has 0 aromatic heterocycles. The van der Waals surface area contributed by atoms with Crippen molar-refractivity contribution in [2.45, 2.75) is 6.92 Å². The van der Waals surface area contributed by atoms with Crippen LogP contribution < -0.4 is 0 Å². The maximum Gasteiger partial charge on any atom is 0.271 e. The molecule has 0 radical (unpaired) electrons. The molecule has 0 unspecified atom stereocenters. The van der Waals surface area contributed by atoms with Crippen LogP contribution >= 0.6 is 23.2 Å². The number of amides is 1. The molecule has 0 atom stereocenters. The molecule has 0 aliphatic carbocycles. The van der Waals surface area contributed by atoms with Gasteiger partial charge in [-0.3, -0.25) is 14.9 Å². The molecule has 0 saturated heterocycles. The summed E-state index contributed by atoms with van der Waals surface area (Å²) in [6.07, 6.45) is 0. The monoisotopic (exact) mass is 290 g/mol. The van der Waals surface area contributed by atoms with Gasteiger partial charge < -0.3 is 4.90 Å². The Kier molecular flexibility index (Phi) is 5.37. The van der Waals surface area contributed by atoms with Crippen LogP contribution in [0, 0.1) is 10.1 Å². The van der Waals surface area contributed by atoms with E-state index in [4.69, 9.17) is 23.2 Å². The van der Waals surface area contributed by atoms with Crippen LogP contribution in [0.25, 0.3) is 0 Å². The summed E-state index contributed by atoms with van der Waals surface area (Å²) in [6.45, 7) is 2.67. The molecule has 0 aliphatic rings. The highest BCUT2D eigenvalue weighted by Crippen LogP contribution is 2.21. The van der Waals surface area contributed by atoms with Gasteiger partial charge in [0.2, 0.25) is 0 Å². The van der Waals surface area contributed by atoms with E-state index in [-0.39, 0.29) is 22.2 Å². The summed E-state index contributed by atoms with van der Waals surface area (Å²) < 4.78 is 0. The van der Waals surface area contributed by atoms with E-state index in [1.165, 1.54) is 23.1 Å². The van der Waals surface area contributed by atoms with Gasteiger partial charge in [-0.1, -0.05) is 11.6 Å². The van der Waals surface area contributed by atoms with Gasteiger partial charge in [-0.25, -0.2) is 0 Å². The number of hydrogen-bond acceptors (Lipinski definition) is 3. The molecule has 0 bridgehead atoms. The molecular formula is C11H12Cl2N2O3. The molecule has 1 aromatic carbocycles. The van der Waals surface area contributed by atoms with E-state index in [1.807, 2.05) is 6.92 Å². The van der Waals surface area contributed by atoms with Gasteiger partial charge in [0.1, 0.15) is 0 Å². The highest BCUT2D eigenvalue weighted by molar-refractivity contribution is 6.31. The number of alkyl halides is 1. The summed E-state index contributed by atoms with van der Waals surface area (Å²) in [5.74, 6) is -0.00820. The minimum Gasteiger partial charge on any atom is -0.338 e. The van der Waals surface area contributed by atoms with E-state index in [1.54, 1.807) is 0 Å². The normalized spacial score (nSPS) is 10.2. The third-order valence-electron chi connectivity index (χ3n) is 2.36. The second-order valence-electron chi connectivity index (χ2n) is 3.53. The number of benzene rings is 1. The molecular weight excluding hydrogens is 279 g/mol. The molecule has 5 nitrogen and oxygen atoms in total. The lowest BCUT2D eigenvalue weighted by Crippen LogP contribution is -2.32. The van der Waals surface area contributed by atoms with Crippen molar-refractivity contribution in [3.8, 4) is 0 Å². The number of non-ortho nitro benzene ring substituents is 1. The lowest BCUT2D eigenvalue weighted by Gasteiger charge is -2.19. The summed E-state index contributed by atoms with van der Waals surface area (Å²) in [5, 5.41) is 10.9. The Balaban J connectivity index is 3.08. The number of carbonyl (C=O) groups is 1. The predicted molar refractivity (Wildman–Crippen MR) is 70.4 cm³/mol. The Labute approximate surface area is 114 Å². The molecule has 1 rings (SSSR count). The first kappa shape index (κ1) is 14.7. The van der Waals surface area contributed by atoms with Crippen LogP contribution in [0.5, 0.6) is 0 Å². The Morgan fingerprint density at radius 1 is 1.44 bits per heavy atom. The van der Waals surface area contributed by atoms with E-state index in [0.717, 1.165) is 0 Å².